The third-order valence-electron chi connectivity index (χ3n) is 2.59. The molecule has 0 atom stereocenters. The standard InChI is InChI=1S/C14H17ClN2OS/c1-2-16-7-14-17-12(10-19-14)9-18-8-11-5-3-4-6-13(11)15/h3-6,10,16H,2,7-9H2,1H3. The molecule has 0 aliphatic rings. The van der Waals surface area contributed by atoms with Crippen LogP contribution in [0.4, 0.5) is 0 Å². The third kappa shape index (κ3) is 4.58. The lowest BCUT2D eigenvalue weighted by Gasteiger charge is -2.04. The first kappa shape index (κ1) is 14.5. The first-order valence-corrected chi connectivity index (χ1v) is 7.50. The van der Waals surface area contributed by atoms with Gasteiger partial charge in [0.05, 0.1) is 18.9 Å². The lowest BCUT2D eigenvalue weighted by molar-refractivity contribution is 0.105. The Balaban J connectivity index is 1.79. The van der Waals surface area contributed by atoms with Crippen LogP contribution in [0.1, 0.15) is 23.2 Å². The zero-order valence-corrected chi connectivity index (χ0v) is 12.4. The van der Waals surface area contributed by atoms with Gasteiger partial charge in [-0.05, 0) is 18.2 Å². The van der Waals surface area contributed by atoms with Gasteiger partial charge in [0, 0.05) is 16.9 Å². The molecule has 0 amide bonds. The molecule has 1 heterocycles. The van der Waals surface area contributed by atoms with Crippen LogP contribution in [-0.2, 0) is 24.5 Å². The highest BCUT2D eigenvalue weighted by atomic mass is 35.5. The molecule has 0 saturated heterocycles. The molecule has 0 aliphatic heterocycles. The van der Waals surface area contributed by atoms with Crippen LogP contribution in [0.5, 0.6) is 0 Å². The van der Waals surface area contributed by atoms with Gasteiger partial charge in [-0.15, -0.1) is 11.3 Å². The summed E-state index contributed by atoms with van der Waals surface area (Å²) in [5.74, 6) is 0. The summed E-state index contributed by atoms with van der Waals surface area (Å²) in [6, 6.07) is 7.72. The van der Waals surface area contributed by atoms with Crippen LogP contribution >= 0.6 is 22.9 Å². The van der Waals surface area contributed by atoms with Crippen molar-refractivity contribution in [2.45, 2.75) is 26.7 Å². The molecule has 0 aliphatic carbocycles. The van der Waals surface area contributed by atoms with E-state index in [0.717, 1.165) is 34.4 Å². The van der Waals surface area contributed by atoms with Gasteiger partial charge in [0.15, 0.2) is 0 Å². The smallest absolute Gasteiger partial charge is 0.107 e. The SMILES string of the molecule is CCNCc1nc(COCc2ccccc2Cl)cs1. The van der Waals surface area contributed by atoms with Gasteiger partial charge in [-0.2, -0.15) is 0 Å². The van der Waals surface area contributed by atoms with E-state index in [4.69, 9.17) is 16.3 Å². The molecule has 19 heavy (non-hydrogen) atoms. The highest BCUT2D eigenvalue weighted by Gasteiger charge is 2.03. The second kappa shape index (κ2) is 7.60. The molecule has 0 radical (unpaired) electrons. The Morgan fingerprint density at radius 1 is 1.32 bits per heavy atom. The van der Waals surface area contributed by atoms with E-state index in [1.54, 1.807) is 11.3 Å². The molecule has 0 spiro atoms. The van der Waals surface area contributed by atoms with Gasteiger partial charge < -0.3 is 10.1 Å². The minimum Gasteiger partial charge on any atom is -0.370 e. The number of rotatable bonds is 7. The van der Waals surface area contributed by atoms with Crippen LogP contribution in [-0.4, -0.2) is 11.5 Å². The van der Waals surface area contributed by atoms with E-state index in [2.05, 4.69) is 17.2 Å². The van der Waals surface area contributed by atoms with E-state index in [1.807, 2.05) is 29.6 Å². The largest absolute Gasteiger partial charge is 0.370 e. The van der Waals surface area contributed by atoms with E-state index in [1.165, 1.54) is 0 Å². The van der Waals surface area contributed by atoms with Crippen LogP contribution in [0.3, 0.4) is 0 Å². The Morgan fingerprint density at radius 3 is 2.95 bits per heavy atom. The summed E-state index contributed by atoms with van der Waals surface area (Å²) in [4.78, 5) is 4.50. The number of nitrogens with zero attached hydrogens (tertiary/aromatic N) is 1. The summed E-state index contributed by atoms with van der Waals surface area (Å²) in [5.41, 5.74) is 1.98. The quantitative estimate of drug-likeness (QED) is 0.847. The average Bonchev–Trinajstić information content (AvgIpc) is 2.86. The number of hydrogen-bond donors (Lipinski definition) is 1. The maximum Gasteiger partial charge on any atom is 0.107 e. The van der Waals surface area contributed by atoms with Crippen molar-refractivity contribution in [2.24, 2.45) is 0 Å². The molecule has 0 fully saturated rings. The summed E-state index contributed by atoms with van der Waals surface area (Å²) in [6.07, 6.45) is 0. The Kier molecular flexibility index (Phi) is 5.79. The van der Waals surface area contributed by atoms with Gasteiger partial charge in [0.1, 0.15) is 5.01 Å². The number of aromatic nitrogens is 1. The van der Waals surface area contributed by atoms with Gasteiger partial charge in [-0.3, -0.25) is 0 Å². The topological polar surface area (TPSA) is 34.2 Å². The Morgan fingerprint density at radius 2 is 2.16 bits per heavy atom. The van der Waals surface area contributed by atoms with Crippen molar-refractivity contribution in [1.29, 1.82) is 0 Å². The van der Waals surface area contributed by atoms with Crippen molar-refractivity contribution < 1.29 is 4.74 Å². The Bertz CT molecular complexity index is 516. The molecule has 3 nitrogen and oxygen atoms in total. The fourth-order valence-corrected chi connectivity index (χ4v) is 2.55. The van der Waals surface area contributed by atoms with Crippen LogP contribution < -0.4 is 5.32 Å². The van der Waals surface area contributed by atoms with Crippen molar-refractivity contribution in [2.75, 3.05) is 6.54 Å². The summed E-state index contributed by atoms with van der Waals surface area (Å²) < 4.78 is 5.64. The minimum absolute atomic E-state index is 0.514. The van der Waals surface area contributed by atoms with E-state index in [0.29, 0.717) is 13.2 Å². The van der Waals surface area contributed by atoms with Crippen molar-refractivity contribution in [3.8, 4) is 0 Å². The van der Waals surface area contributed by atoms with Crippen molar-refractivity contribution in [3.05, 3.63) is 50.9 Å². The van der Waals surface area contributed by atoms with Crippen molar-refractivity contribution >= 4 is 22.9 Å². The number of benzene rings is 1. The molecule has 0 bridgehead atoms. The van der Waals surface area contributed by atoms with E-state index in [9.17, 15) is 0 Å². The first-order chi connectivity index (χ1) is 9.29. The molecule has 102 valence electrons. The second-order valence-corrected chi connectivity index (χ2v) is 5.45. The van der Waals surface area contributed by atoms with Crippen molar-refractivity contribution in [1.82, 2.24) is 10.3 Å². The zero-order valence-electron chi connectivity index (χ0n) is 10.9. The summed E-state index contributed by atoms with van der Waals surface area (Å²) in [6.45, 7) is 4.90. The van der Waals surface area contributed by atoms with Gasteiger partial charge in [-0.1, -0.05) is 36.7 Å². The lowest BCUT2D eigenvalue weighted by Crippen LogP contribution is -2.11. The summed E-state index contributed by atoms with van der Waals surface area (Å²) >= 11 is 7.72. The molecule has 1 N–H and O–H groups in total. The molecule has 1 aromatic carbocycles. The zero-order chi connectivity index (χ0) is 13.5. The molecular weight excluding hydrogens is 280 g/mol. The second-order valence-electron chi connectivity index (χ2n) is 4.10. The van der Waals surface area contributed by atoms with Crippen LogP contribution in [0, 0.1) is 0 Å². The number of ether oxygens (including phenoxy) is 1. The molecule has 1 aromatic heterocycles. The average molecular weight is 297 g/mol. The minimum atomic E-state index is 0.514. The van der Waals surface area contributed by atoms with E-state index < -0.39 is 0 Å². The van der Waals surface area contributed by atoms with Gasteiger partial charge in [0.2, 0.25) is 0 Å². The Hall–Kier alpha value is -0.940. The van der Waals surface area contributed by atoms with Crippen LogP contribution in [0.15, 0.2) is 29.6 Å². The van der Waals surface area contributed by atoms with Crippen LogP contribution in [0.25, 0.3) is 0 Å². The summed E-state index contributed by atoms with van der Waals surface area (Å²) in [7, 11) is 0. The van der Waals surface area contributed by atoms with Crippen molar-refractivity contribution in [3.63, 3.8) is 0 Å². The van der Waals surface area contributed by atoms with E-state index in [-0.39, 0.29) is 0 Å². The first-order valence-electron chi connectivity index (χ1n) is 6.24. The number of halogens is 1. The Labute approximate surface area is 122 Å². The maximum atomic E-state index is 6.07. The molecule has 5 heteroatoms. The maximum absolute atomic E-state index is 6.07. The van der Waals surface area contributed by atoms with Crippen LogP contribution in [0.2, 0.25) is 5.02 Å². The third-order valence-corrected chi connectivity index (χ3v) is 3.86. The fraction of sp³-hybridized carbons (Fsp3) is 0.357. The van der Waals surface area contributed by atoms with E-state index >= 15 is 0 Å². The monoisotopic (exact) mass is 296 g/mol. The molecule has 0 unspecified atom stereocenters. The number of thiazole rings is 1. The molecule has 0 saturated carbocycles. The predicted octanol–water partition coefficient (Wildman–Crippen LogP) is 3.62. The van der Waals surface area contributed by atoms with Gasteiger partial charge >= 0.3 is 0 Å². The normalized spacial score (nSPS) is 10.8. The predicted molar refractivity (Wildman–Crippen MR) is 79.4 cm³/mol. The number of hydrogen-bond acceptors (Lipinski definition) is 4. The molecule has 2 aromatic rings. The highest BCUT2D eigenvalue weighted by molar-refractivity contribution is 7.09. The van der Waals surface area contributed by atoms with Gasteiger partial charge in [0.25, 0.3) is 0 Å². The van der Waals surface area contributed by atoms with Gasteiger partial charge in [-0.25, -0.2) is 4.98 Å². The summed E-state index contributed by atoms with van der Waals surface area (Å²) in [5, 5.41) is 7.14. The highest BCUT2D eigenvalue weighted by Crippen LogP contribution is 2.17. The number of nitrogens with one attached hydrogen (secondary N) is 1. The fourth-order valence-electron chi connectivity index (χ4n) is 1.61. The molecular formula is C14H17ClN2OS. The lowest BCUT2D eigenvalue weighted by atomic mass is 10.2. The molecule has 2 rings (SSSR count).